The minimum Gasteiger partial charge on any atom is -0.508 e. The maximum atomic E-state index is 13.7. The lowest BCUT2D eigenvalue weighted by Crippen LogP contribution is -2.63. The van der Waals surface area contributed by atoms with E-state index in [2.05, 4.69) is 27.4 Å². The van der Waals surface area contributed by atoms with Crippen molar-refractivity contribution in [3.05, 3.63) is 84.7 Å². The van der Waals surface area contributed by atoms with Crippen LogP contribution in [0.4, 0.5) is 0 Å². The third-order valence-electron chi connectivity index (χ3n) is 9.74. The molecule has 2 aliphatic heterocycles. The van der Waals surface area contributed by atoms with E-state index in [1.807, 2.05) is 54.4 Å². The highest BCUT2D eigenvalue weighted by molar-refractivity contribution is 6.04. The van der Waals surface area contributed by atoms with Gasteiger partial charge in [-0.2, -0.15) is 0 Å². The Bertz CT molecular complexity index is 1780. The number of aromatic nitrogens is 2. The Balaban J connectivity index is 1.25. The van der Waals surface area contributed by atoms with Crippen molar-refractivity contribution in [3.8, 4) is 28.3 Å². The number of hydrogen-bond donors (Lipinski definition) is 2. The van der Waals surface area contributed by atoms with E-state index < -0.39 is 0 Å². The summed E-state index contributed by atoms with van der Waals surface area (Å²) in [7, 11) is 2.03. The van der Waals surface area contributed by atoms with Crippen molar-refractivity contribution in [2.24, 2.45) is 12.5 Å². The Hall–Kier alpha value is -4.47. The second kappa shape index (κ2) is 11.8. The van der Waals surface area contributed by atoms with Gasteiger partial charge >= 0.3 is 0 Å². The Kier molecular flexibility index (Phi) is 7.67. The van der Waals surface area contributed by atoms with Crippen molar-refractivity contribution in [1.82, 2.24) is 24.7 Å². The first-order valence-electron chi connectivity index (χ1n) is 15.7. The van der Waals surface area contributed by atoms with Gasteiger partial charge in [0, 0.05) is 74.3 Å². The van der Waals surface area contributed by atoms with E-state index in [9.17, 15) is 14.7 Å². The SMILES string of the molecule is C=CC(=O)N1CC2(CC(c3nc(-c4ccccc4C(=O)NCCN4CCOCC4)c(-c4cc(O)cc5ccccc45)n3C)C2)C1. The standard InChI is InChI=1S/C36H39N5O4/c1-3-31(43)41-22-36(23-41)20-25(21-36)34-38-32(33(39(34)2)30-19-26(42)18-24-8-4-5-9-27(24)30)28-10-6-7-11-29(28)35(44)37-12-13-40-14-16-45-17-15-40/h3-11,18-19,25,42H,1,12-17,20-23H2,2H3,(H,37,44). The molecule has 3 heterocycles. The summed E-state index contributed by atoms with van der Waals surface area (Å²) in [4.78, 5) is 35.2. The predicted molar refractivity (Wildman–Crippen MR) is 174 cm³/mol. The number of benzene rings is 3. The molecule has 1 aliphatic carbocycles. The predicted octanol–water partition coefficient (Wildman–Crippen LogP) is 4.57. The Morgan fingerprint density at radius 2 is 1.80 bits per heavy atom. The largest absolute Gasteiger partial charge is 0.508 e. The second-order valence-electron chi connectivity index (χ2n) is 12.7. The average molecular weight is 606 g/mol. The van der Waals surface area contributed by atoms with Crippen molar-refractivity contribution in [2.75, 3.05) is 52.5 Å². The lowest BCUT2D eigenvalue weighted by Gasteiger charge is -2.58. The summed E-state index contributed by atoms with van der Waals surface area (Å²) in [5.41, 5.74) is 3.91. The van der Waals surface area contributed by atoms with Gasteiger partial charge in [-0.1, -0.05) is 49.0 Å². The number of phenols is 1. The quantitative estimate of drug-likeness (QED) is 0.286. The summed E-state index contributed by atoms with van der Waals surface area (Å²) >= 11 is 0. The van der Waals surface area contributed by atoms with Gasteiger partial charge in [-0.15, -0.1) is 0 Å². The maximum absolute atomic E-state index is 13.7. The fourth-order valence-electron chi connectivity index (χ4n) is 7.48. The van der Waals surface area contributed by atoms with Gasteiger partial charge in [0.15, 0.2) is 0 Å². The van der Waals surface area contributed by atoms with Crippen LogP contribution in [-0.4, -0.2) is 88.8 Å². The van der Waals surface area contributed by atoms with E-state index in [1.54, 1.807) is 12.1 Å². The molecule has 3 aromatic carbocycles. The molecule has 9 heteroatoms. The van der Waals surface area contributed by atoms with E-state index in [0.29, 0.717) is 12.1 Å². The van der Waals surface area contributed by atoms with Gasteiger partial charge in [0.1, 0.15) is 11.6 Å². The monoisotopic (exact) mass is 605 g/mol. The van der Waals surface area contributed by atoms with Crippen molar-refractivity contribution < 1.29 is 19.4 Å². The van der Waals surface area contributed by atoms with Crippen molar-refractivity contribution in [2.45, 2.75) is 18.8 Å². The molecule has 3 fully saturated rings. The van der Waals surface area contributed by atoms with Crippen LogP contribution in [0.3, 0.4) is 0 Å². The summed E-state index contributed by atoms with van der Waals surface area (Å²) in [5, 5.41) is 15.9. The van der Waals surface area contributed by atoms with E-state index >= 15 is 0 Å². The zero-order valence-electron chi connectivity index (χ0n) is 25.7. The summed E-state index contributed by atoms with van der Waals surface area (Å²) in [6.07, 6.45) is 3.28. The number of imidazole rings is 1. The van der Waals surface area contributed by atoms with Crippen molar-refractivity contribution >= 4 is 22.6 Å². The third kappa shape index (κ3) is 5.40. The summed E-state index contributed by atoms with van der Waals surface area (Å²) in [6, 6.07) is 19.2. The summed E-state index contributed by atoms with van der Waals surface area (Å²) < 4.78 is 7.60. The molecule has 2 N–H and O–H groups in total. The highest BCUT2D eigenvalue weighted by Gasteiger charge is 2.54. The number of carbonyl (C=O) groups is 2. The number of morpholine rings is 1. The van der Waals surface area contributed by atoms with Crippen LogP contribution in [0.1, 0.15) is 34.9 Å². The molecule has 1 aromatic heterocycles. The van der Waals surface area contributed by atoms with Gasteiger partial charge in [0.2, 0.25) is 5.91 Å². The topological polar surface area (TPSA) is 99.9 Å². The van der Waals surface area contributed by atoms with Crippen molar-refractivity contribution in [1.29, 1.82) is 0 Å². The fourth-order valence-corrected chi connectivity index (χ4v) is 7.48. The van der Waals surface area contributed by atoms with Gasteiger partial charge in [-0.05, 0) is 47.9 Å². The first-order chi connectivity index (χ1) is 21.9. The molecule has 0 atom stereocenters. The van der Waals surface area contributed by atoms with Crippen LogP contribution in [0.5, 0.6) is 5.75 Å². The van der Waals surface area contributed by atoms with Gasteiger partial charge in [-0.25, -0.2) is 4.98 Å². The highest BCUT2D eigenvalue weighted by Crippen LogP contribution is 2.56. The molecular formula is C36H39N5O4. The molecule has 0 unspecified atom stereocenters. The zero-order valence-corrected chi connectivity index (χ0v) is 25.7. The normalized spacial score (nSPS) is 18.0. The number of likely N-dealkylation sites (tertiary alicyclic amines) is 1. The lowest BCUT2D eigenvalue weighted by molar-refractivity contribution is -0.146. The van der Waals surface area contributed by atoms with Gasteiger partial charge in [-0.3, -0.25) is 14.5 Å². The molecule has 4 aromatic rings. The number of fused-ring (bicyclic) bond motifs is 1. The Labute approximate surface area is 263 Å². The van der Waals surface area contributed by atoms with E-state index in [4.69, 9.17) is 9.72 Å². The molecule has 2 amide bonds. The minimum atomic E-state index is -0.137. The van der Waals surface area contributed by atoms with Gasteiger partial charge in [0.25, 0.3) is 5.91 Å². The average Bonchev–Trinajstić information content (AvgIpc) is 3.35. The first-order valence-corrected chi connectivity index (χ1v) is 15.7. The van der Waals surface area contributed by atoms with Crippen LogP contribution in [0.2, 0.25) is 0 Å². The fraction of sp³-hybridized carbons (Fsp3) is 0.361. The molecule has 1 spiro atoms. The molecule has 7 rings (SSSR count). The molecule has 1 saturated carbocycles. The number of hydrogen-bond acceptors (Lipinski definition) is 6. The van der Waals surface area contributed by atoms with Crippen molar-refractivity contribution in [3.63, 3.8) is 0 Å². The molecular weight excluding hydrogens is 566 g/mol. The third-order valence-corrected chi connectivity index (χ3v) is 9.74. The molecule has 0 radical (unpaired) electrons. The van der Waals surface area contributed by atoms with E-state index in [-0.39, 0.29) is 28.9 Å². The summed E-state index contributed by atoms with van der Waals surface area (Å²) in [5.74, 6) is 1.20. The zero-order chi connectivity index (χ0) is 31.1. The van der Waals surface area contributed by atoms with Crippen LogP contribution in [0.15, 0.2) is 73.3 Å². The number of amides is 2. The molecule has 2 saturated heterocycles. The number of phenolic OH excluding ortho intramolecular Hbond substituents is 1. The maximum Gasteiger partial charge on any atom is 0.252 e. The van der Waals surface area contributed by atoms with Gasteiger partial charge < -0.3 is 24.6 Å². The summed E-state index contributed by atoms with van der Waals surface area (Å²) in [6.45, 7) is 9.63. The molecule has 0 bridgehead atoms. The molecule has 45 heavy (non-hydrogen) atoms. The first kappa shape index (κ1) is 29.3. The van der Waals surface area contributed by atoms with Crippen LogP contribution in [0, 0.1) is 5.41 Å². The number of carbonyl (C=O) groups excluding carboxylic acids is 2. The van der Waals surface area contributed by atoms with Gasteiger partial charge in [0.05, 0.1) is 24.6 Å². The highest BCUT2D eigenvalue weighted by atomic mass is 16.5. The number of ether oxygens (including phenoxy) is 1. The Morgan fingerprint density at radius 1 is 1.07 bits per heavy atom. The molecule has 3 aliphatic rings. The number of nitrogens with zero attached hydrogens (tertiary/aromatic N) is 4. The van der Waals surface area contributed by atoms with Crippen LogP contribution in [-0.2, 0) is 16.6 Å². The Morgan fingerprint density at radius 3 is 2.58 bits per heavy atom. The molecule has 232 valence electrons. The number of aromatic hydroxyl groups is 1. The van der Waals surface area contributed by atoms with E-state index in [1.165, 1.54) is 6.08 Å². The van der Waals surface area contributed by atoms with Crippen LogP contribution >= 0.6 is 0 Å². The number of nitrogens with one attached hydrogen (secondary N) is 1. The number of rotatable bonds is 8. The lowest BCUT2D eigenvalue weighted by atomic mass is 9.57. The molecule has 9 nitrogen and oxygen atoms in total. The second-order valence-corrected chi connectivity index (χ2v) is 12.7. The minimum absolute atomic E-state index is 0.0127. The van der Waals surface area contributed by atoms with Crippen LogP contribution in [0.25, 0.3) is 33.3 Å². The smallest absolute Gasteiger partial charge is 0.252 e. The van der Waals surface area contributed by atoms with E-state index in [0.717, 1.165) is 97.9 Å². The van der Waals surface area contributed by atoms with Crippen LogP contribution < -0.4 is 5.32 Å².